The van der Waals surface area contributed by atoms with Crippen molar-refractivity contribution in [1.29, 1.82) is 0 Å². The molecule has 2 aromatic carbocycles. The summed E-state index contributed by atoms with van der Waals surface area (Å²) in [5.74, 6) is -0.00810. The van der Waals surface area contributed by atoms with E-state index in [4.69, 9.17) is 11.6 Å². The Labute approximate surface area is 188 Å². The third-order valence-corrected chi connectivity index (χ3v) is 5.71. The molecule has 3 aromatic rings. The van der Waals surface area contributed by atoms with Crippen LogP contribution in [0.15, 0.2) is 46.5 Å². The van der Waals surface area contributed by atoms with Crippen LogP contribution in [0.25, 0.3) is 5.69 Å². The van der Waals surface area contributed by atoms with Crippen molar-refractivity contribution in [3.63, 3.8) is 0 Å². The van der Waals surface area contributed by atoms with Gasteiger partial charge in [0.15, 0.2) is 5.82 Å². The van der Waals surface area contributed by atoms with Crippen molar-refractivity contribution in [1.82, 2.24) is 20.1 Å². The number of nitrogens with zero attached hydrogens (tertiary/aromatic N) is 4. The van der Waals surface area contributed by atoms with Crippen molar-refractivity contribution < 1.29 is 22.9 Å². The number of nitrogens with one attached hydrogen (secondary N) is 1. The molecule has 3 rings (SSSR count). The average Bonchev–Trinajstić information content (AvgIpc) is 3.10. The molecular weight excluding hydrogens is 471 g/mol. The maximum atomic E-state index is 13.0. The van der Waals surface area contributed by atoms with E-state index in [0.717, 1.165) is 29.5 Å². The molecule has 1 amide bonds. The molecule has 32 heavy (non-hydrogen) atoms. The van der Waals surface area contributed by atoms with Crippen molar-refractivity contribution in [2.24, 2.45) is 0 Å². The second-order valence-corrected chi connectivity index (χ2v) is 8.03. The molecule has 0 aliphatic heterocycles. The summed E-state index contributed by atoms with van der Waals surface area (Å²) in [5.41, 5.74) is -0.529. The van der Waals surface area contributed by atoms with Crippen LogP contribution in [0.3, 0.4) is 0 Å². The van der Waals surface area contributed by atoms with Crippen LogP contribution in [0, 0.1) is 17.0 Å². The van der Waals surface area contributed by atoms with Gasteiger partial charge in [-0.1, -0.05) is 17.7 Å². The van der Waals surface area contributed by atoms with E-state index in [2.05, 4.69) is 15.5 Å². The molecule has 0 aliphatic rings. The fraction of sp³-hybridized carbons (Fsp3) is 0.211. The third kappa shape index (κ3) is 5.19. The normalized spacial score (nSPS) is 11.4. The van der Waals surface area contributed by atoms with Gasteiger partial charge in [-0.25, -0.2) is 0 Å². The third-order valence-electron chi connectivity index (χ3n) is 4.29. The Morgan fingerprint density at radius 3 is 2.56 bits per heavy atom. The summed E-state index contributed by atoms with van der Waals surface area (Å²) in [6.07, 6.45) is -4.72. The summed E-state index contributed by atoms with van der Waals surface area (Å²) < 4.78 is 40.5. The molecule has 0 bridgehead atoms. The molecule has 1 aromatic heterocycles. The molecule has 0 fully saturated rings. The number of hydrogen-bond acceptors (Lipinski definition) is 6. The van der Waals surface area contributed by atoms with Crippen LogP contribution in [-0.2, 0) is 17.5 Å². The first kappa shape index (κ1) is 23.5. The van der Waals surface area contributed by atoms with E-state index in [1.165, 1.54) is 11.5 Å². The van der Waals surface area contributed by atoms with E-state index < -0.39 is 22.4 Å². The van der Waals surface area contributed by atoms with E-state index in [1.54, 1.807) is 25.1 Å². The van der Waals surface area contributed by atoms with Gasteiger partial charge in [0.05, 0.1) is 27.6 Å². The molecule has 8 nitrogen and oxygen atoms in total. The van der Waals surface area contributed by atoms with Gasteiger partial charge in [0.2, 0.25) is 11.1 Å². The molecule has 0 unspecified atom stereocenters. The molecule has 1 heterocycles. The largest absolute Gasteiger partial charge is 0.416 e. The minimum Gasteiger partial charge on any atom is -0.349 e. The minimum absolute atomic E-state index is 0.00347. The summed E-state index contributed by atoms with van der Waals surface area (Å²) in [7, 11) is 0. The van der Waals surface area contributed by atoms with E-state index in [-0.39, 0.29) is 22.5 Å². The molecule has 13 heteroatoms. The Balaban J connectivity index is 2.09. The molecule has 1 N–H and O–H groups in total. The van der Waals surface area contributed by atoms with Crippen molar-refractivity contribution in [2.45, 2.75) is 36.6 Å². The Hall–Kier alpha value is -3.12. The first-order chi connectivity index (χ1) is 15.0. The molecule has 0 atom stereocenters. The molecule has 0 saturated carbocycles. The predicted molar refractivity (Wildman–Crippen MR) is 111 cm³/mol. The highest BCUT2D eigenvalue weighted by atomic mass is 35.5. The topological polar surface area (TPSA) is 103 Å². The van der Waals surface area contributed by atoms with Gasteiger partial charge >= 0.3 is 6.18 Å². The fourth-order valence-electron chi connectivity index (χ4n) is 2.69. The van der Waals surface area contributed by atoms with Crippen LogP contribution in [-0.4, -0.2) is 25.6 Å². The second kappa shape index (κ2) is 9.17. The summed E-state index contributed by atoms with van der Waals surface area (Å²) >= 11 is 7.00. The van der Waals surface area contributed by atoms with Crippen LogP contribution in [0.5, 0.6) is 0 Å². The van der Waals surface area contributed by atoms with Crippen LogP contribution < -0.4 is 5.32 Å². The number of hydrogen-bond donors (Lipinski definition) is 1. The lowest BCUT2D eigenvalue weighted by Gasteiger charge is -2.12. The quantitative estimate of drug-likeness (QED) is 0.391. The number of amides is 1. The lowest BCUT2D eigenvalue weighted by atomic mass is 10.2. The maximum absolute atomic E-state index is 13.0. The van der Waals surface area contributed by atoms with Crippen molar-refractivity contribution in [3.8, 4) is 5.69 Å². The number of nitro benzene ring substituents is 1. The smallest absolute Gasteiger partial charge is 0.349 e. The number of aromatic nitrogens is 3. The number of nitro groups is 1. The lowest BCUT2D eigenvalue weighted by molar-refractivity contribution is -0.388. The lowest BCUT2D eigenvalue weighted by Crippen LogP contribution is -2.21. The number of alkyl halides is 3. The zero-order chi connectivity index (χ0) is 23.6. The SMILES string of the molecule is CC(=O)NCc1nnc(Sc2ccc(C(F)(F)F)cc2[N+](=O)[O-])n1-c1ccc(C)c(Cl)c1. The standard InChI is InChI=1S/C19H15ClF3N5O3S/c1-10-3-5-13(8-14(10)20)27-17(9-24-11(2)29)25-26-18(27)32-16-6-4-12(19(21,22)23)7-15(16)28(30)31/h3-8H,9H2,1-2H3,(H,24,29). The molecule has 0 spiro atoms. The highest BCUT2D eigenvalue weighted by Crippen LogP contribution is 2.39. The number of carbonyl (C=O) groups excluding carboxylic acids is 1. The fourth-order valence-corrected chi connectivity index (χ4v) is 3.82. The Morgan fingerprint density at radius 1 is 1.25 bits per heavy atom. The molecular formula is C19H15ClF3N5O3S. The molecule has 168 valence electrons. The van der Waals surface area contributed by atoms with Crippen LogP contribution >= 0.6 is 23.4 Å². The zero-order valence-corrected chi connectivity index (χ0v) is 18.2. The Bertz CT molecular complexity index is 1200. The number of rotatable bonds is 6. The van der Waals surface area contributed by atoms with E-state index in [1.807, 2.05) is 0 Å². The summed E-state index contributed by atoms with van der Waals surface area (Å²) in [6, 6.07) is 7.34. The van der Waals surface area contributed by atoms with Crippen LogP contribution in [0.2, 0.25) is 5.02 Å². The van der Waals surface area contributed by atoms with E-state index in [0.29, 0.717) is 22.6 Å². The van der Waals surface area contributed by atoms with Crippen LogP contribution in [0.4, 0.5) is 18.9 Å². The summed E-state index contributed by atoms with van der Waals surface area (Å²) in [5, 5.41) is 22.7. The number of halogens is 4. The predicted octanol–water partition coefficient (Wildman–Crippen LogP) is 4.94. The highest BCUT2D eigenvalue weighted by Gasteiger charge is 2.33. The minimum atomic E-state index is -4.72. The molecule has 0 radical (unpaired) electrons. The van der Waals surface area contributed by atoms with Crippen LogP contribution in [0.1, 0.15) is 23.9 Å². The van der Waals surface area contributed by atoms with E-state index in [9.17, 15) is 28.1 Å². The van der Waals surface area contributed by atoms with Crippen molar-refractivity contribution in [3.05, 3.63) is 68.5 Å². The van der Waals surface area contributed by atoms with Gasteiger partial charge in [0.25, 0.3) is 5.69 Å². The Kier molecular flexibility index (Phi) is 6.74. The van der Waals surface area contributed by atoms with Gasteiger partial charge in [-0.2, -0.15) is 13.2 Å². The van der Waals surface area contributed by atoms with Gasteiger partial charge in [-0.05, 0) is 48.5 Å². The second-order valence-electron chi connectivity index (χ2n) is 6.62. The number of carbonyl (C=O) groups is 1. The van der Waals surface area contributed by atoms with Crippen molar-refractivity contribution >= 4 is 35.0 Å². The van der Waals surface area contributed by atoms with Crippen molar-refractivity contribution in [2.75, 3.05) is 0 Å². The zero-order valence-electron chi connectivity index (χ0n) is 16.6. The first-order valence-corrected chi connectivity index (χ1v) is 10.2. The average molecular weight is 486 g/mol. The van der Waals surface area contributed by atoms with Gasteiger partial charge in [-0.3, -0.25) is 19.5 Å². The molecule has 0 saturated heterocycles. The van der Waals surface area contributed by atoms with Gasteiger partial charge < -0.3 is 5.32 Å². The maximum Gasteiger partial charge on any atom is 0.416 e. The van der Waals surface area contributed by atoms with Gasteiger partial charge in [-0.15, -0.1) is 10.2 Å². The van der Waals surface area contributed by atoms with Gasteiger partial charge in [0, 0.05) is 18.0 Å². The summed E-state index contributed by atoms with van der Waals surface area (Å²) in [4.78, 5) is 21.8. The number of aryl methyl sites for hydroxylation is 1. The van der Waals surface area contributed by atoms with Gasteiger partial charge in [0.1, 0.15) is 0 Å². The molecule has 0 aliphatic carbocycles. The number of benzene rings is 2. The monoisotopic (exact) mass is 485 g/mol. The first-order valence-electron chi connectivity index (χ1n) is 8.96. The highest BCUT2D eigenvalue weighted by molar-refractivity contribution is 7.99. The summed E-state index contributed by atoms with van der Waals surface area (Å²) in [6.45, 7) is 3.13. The van der Waals surface area contributed by atoms with E-state index >= 15 is 0 Å². The Morgan fingerprint density at radius 2 is 1.97 bits per heavy atom.